The Morgan fingerprint density at radius 3 is 2.63 bits per heavy atom. The predicted molar refractivity (Wildman–Crippen MR) is 76.1 cm³/mol. The lowest BCUT2D eigenvalue weighted by Crippen LogP contribution is -2.52. The van der Waals surface area contributed by atoms with Gasteiger partial charge in [-0.05, 0) is 37.5 Å². The van der Waals surface area contributed by atoms with Gasteiger partial charge in [0.2, 0.25) is 5.91 Å². The average Bonchev–Trinajstić information content (AvgIpc) is 2.92. The summed E-state index contributed by atoms with van der Waals surface area (Å²) in [6.45, 7) is 3.81. The van der Waals surface area contributed by atoms with Gasteiger partial charge in [-0.25, -0.2) is 4.79 Å². The number of carboxylic acids is 1. The number of amides is 1. The summed E-state index contributed by atoms with van der Waals surface area (Å²) in [6.07, 6.45) is 4.66. The molecular weight excluding hydrogens is 310 g/mol. The van der Waals surface area contributed by atoms with Crippen LogP contribution in [0.1, 0.15) is 46.0 Å². The summed E-state index contributed by atoms with van der Waals surface area (Å²) in [5, 5.41) is 12.1. The molecule has 0 radical (unpaired) electrons. The molecule has 5 heteroatoms. The molecule has 4 nitrogen and oxygen atoms in total. The van der Waals surface area contributed by atoms with Crippen molar-refractivity contribution in [2.75, 3.05) is 0 Å². The summed E-state index contributed by atoms with van der Waals surface area (Å²) < 4.78 is 0. The Labute approximate surface area is 122 Å². The number of halogens is 1. The standard InChI is InChI=1S/C14H22BrNO3/c1-3-8(2)11(12(17)18)16-13(19)14-5-4-9(7-14)6-10(14)15/h8-11H,3-7H2,1-2H3,(H,16,19)(H,17,18)/t8-,9-,10+,11-,14+/m0/s1. The summed E-state index contributed by atoms with van der Waals surface area (Å²) in [5.41, 5.74) is -0.369. The predicted octanol–water partition coefficient (Wildman–Crippen LogP) is 2.56. The number of hydrogen-bond acceptors (Lipinski definition) is 2. The molecule has 0 heterocycles. The minimum atomic E-state index is -0.933. The smallest absolute Gasteiger partial charge is 0.326 e. The van der Waals surface area contributed by atoms with Crippen molar-refractivity contribution in [2.45, 2.75) is 56.8 Å². The van der Waals surface area contributed by atoms with Gasteiger partial charge in [-0.2, -0.15) is 0 Å². The maximum Gasteiger partial charge on any atom is 0.326 e. The second kappa shape index (κ2) is 5.43. The van der Waals surface area contributed by atoms with Crippen molar-refractivity contribution in [1.82, 2.24) is 5.32 Å². The second-order valence-electron chi connectivity index (χ2n) is 6.14. The van der Waals surface area contributed by atoms with Crippen LogP contribution in [0.2, 0.25) is 0 Å². The van der Waals surface area contributed by atoms with Crippen molar-refractivity contribution in [3.63, 3.8) is 0 Å². The van der Waals surface area contributed by atoms with Gasteiger partial charge >= 0.3 is 5.97 Å². The molecule has 0 unspecified atom stereocenters. The van der Waals surface area contributed by atoms with Gasteiger partial charge < -0.3 is 10.4 Å². The van der Waals surface area contributed by atoms with Crippen LogP contribution in [0.3, 0.4) is 0 Å². The monoisotopic (exact) mass is 331 g/mol. The zero-order valence-corrected chi connectivity index (χ0v) is 13.1. The molecule has 0 saturated heterocycles. The molecular formula is C14H22BrNO3. The first-order chi connectivity index (χ1) is 8.90. The Balaban J connectivity index is 2.09. The van der Waals surface area contributed by atoms with E-state index in [4.69, 9.17) is 0 Å². The molecule has 2 bridgehead atoms. The molecule has 2 aliphatic rings. The van der Waals surface area contributed by atoms with Crippen LogP contribution in [0.5, 0.6) is 0 Å². The van der Waals surface area contributed by atoms with Crippen LogP contribution >= 0.6 is 15.9 Å². The Morgan fingerprint density at radius 2 is 2.21 bits per heavy atom. The Hall–Kier alpha value is -0.580. The molecule has 5 atom stereocenters. The fraction of sp³-hybridized carbons (Fsp3) is 0.857. The van der Waals surface area contributed by atoms with Gasteiger partial charge in [0.25, 0.3) is 0 Å². The van der Waals surface area contributed by atoms with E-state index in [2.05, 4.69) is 21.2 Å². The molecule has 0 aliphatic heterocycles. The number of fused-ring (bicyclic) bond motifs is 2. The SMILES string of the molecule is CC[C@H](C)[C@H](NC(=O)[C@@]12CC[C@@H](C[C@H]1Br)C2)C(=O)O. The van der Waals surface area contributed by atoms with Gasteiger partial charge in [0, 0.05) is 4.83 Å². The number of hydrogen-bond donors (Lipinski definition) is 2. The average molecular weight is 332 g/mol. The van der Waals surface area contributed by atoms with Crippen molar-refractivity contribution < 1.29 is 14.7 Å². The number of aliphatic carboxylic acids is 1. The molecule has 1 amide bonds. The Bertz CT molecular complexity index is 387. The van der Waals surface area contributed by atoms with E-state index in [1.807, 2.05) is 13.8 Å². The molecule has 2 fully saturated rings. The molecule has 2 saturated carbocycles. The number of carbonyl (C=O) groups excluding carboxylic acids is 1. The Kier molecular flexibility index (Phi) is 4.23. The van der Waals surface area contributed by atoms with E-state index in [9.17, 15) is 14.7 Å². The molecule has 0 spiro atoms. The highest BCUT2D eigenvalue weighted by Crippen LogP contribution is 2.57. The quantitative estimate of drug-likeness (QED) is 0.761. The Morgan fingerprint density at radius 1 is 1.53 bits per heavy atom. The molecule has 108 valence electrons. The van der Waals surface area contributed by atoms with Crippen molar-refractivity contribution in [2.24, 2.45) is 17.3 Å². The minimum absolute atomic E-state index is 0.0507. The number of carbonyl (C=O) groups is 2. The van der Waals surface area contributed by atoms with Crippen LogP contribution in [0.15, 0.2) is 0 Å². The van der Waals surface area contributed by atoms with Gasteiger partial charge in [0.05, 0.1) is 5.41 Å². The van der Waals surface area contributed by atoms with Crippen LogP contribution in [-0.4, -0.2) is 27.9 Å². The van der Waals surface area contributed by atoms with E-state index in [1.54, 1.807) is 0 Å². The summed E-state index contributed by atoms with van der Waals surface area (Å²) in [4.78, 5) is 24.1. The summed E-state index contributed by atoms with van der Waals surface area (Å²) in [5.74, 6) is -0.424. The lowest BCUT2D eigenvalue weighted by Gasteiger charge is -2.32. The summed E-state index contributed by atoms with van der Waals surface area (Å²) in [6, 6.07) is -0.772. The molecule has 2 aliphatic carbocycles. The first-order valence-electron chi connectivity index (χ1n) is 7.08. The summed E-state index contributed by atoms with van der Waals surface area (Å²) >= 11 is 3.63. The lowest BCUT2D eigenvalue weighted by molar-refractivity contribution is -0.145. The number of rotatable bonds is 5. The third-order valence-electron chi connectivity index (χ3n) is 5.01. The number of carboxylic acid groups (broad SMARTS) is 1. The van der Waals surface area contributed by atoms with E-state index in [-0.39, 0.29) is 22.1 Å². The highest BCUT2D eigenvalue weighted by molar-refractivity contribution is 9.09. The number of nitrogens with one attached hydrogen (secondary N) is 1. The maximum absolute atomic E-state index is 12.6. The van der Waals surface area contributed by atoms with Crippen LogP contribution in [0.4, 0.5) is 0 Å². The van der Waals surface area contributed by atoms with E-state index < -0.39 is 12.0 Å². The number of alkyl halides is 1. The van der Waals surface area contributed by atoms with E-state index in [0.29, 0.717) is 5.92 Å². The third-order valence-corrected chi connectivity index (χ3v) is 6.26. The van der Waals surface area contributed by atoms with Crippen molar-refractivity contribution in [3.05, 3.63) is 0 Å². The zero-order valence-electron chi connectivity index (χ0n) is 11.5. The molecule has 0 aromatic heterocycles. The molecule has 0 aromatic rings. The highest BCUT2D eigenvalue weighted by Gasteiger charge is 2.56. The van der Waals surface area contributed by atoms with Crippen molar-refractivity contribution in [1.29, 1.82) is 0 Å². The first kappa shape index (κ1) is 14.8. The summed E-state index contributed by atoms with van der Waals surface area (Å²) in [7, 11) is 0. The minimum Gasteiger partial charge on any atom is -0.480 e. The second-order valence-corrected chi connectivity index (χ2v) is 7.25. The van der Waals surface area contributed by atoms with E-state index >= 15 is 0 Å². The van der Waals surface area contributed by atoms with Crippen molar-refractivity contribution >= 4 is 27.8 Å². The van der Waals surface area contributed by atoms with Crippen LogP contribution in [-0.2, 0) is 9.59 Å². The molecule has 2 rings (SSSR count). The molecule has 0 aromatic carbocycles. The van der Waals surface area contributed by atoms with E-state index in [0.717, 1.165) is 32.1 Å². The topological polar surface area (TPSA) is 66.4 Å². The van der Waals surface area contributed by atoms with Gasteiger partial charge in [-0.15, -0.1) is 0 Å². The maximum atomic E-state index is 12.6. The highest BCUT2D eigenvalue weighted by atomic mass is 79.9. The van der Waals surface area contributed by atoms with Gasteiger partial charge in [-0.3, -0.25) is 4.79 Å². The van der Waals surface area contributed by atoms with Crippen molar-refractivity contribution in [3.8, 4) is 0 Å². The van der Waals surface area contributed by atoms with Crippen LogP contribution < -0.4 is 5.32 Å². The zero-order chi connectivity index (χ0) is 14.2. The largest absolute Gasteiger partial charge is 0.480 e. The molecule has 2 N–H and O–H groups in total. The van der Waals surface area contributed by atoms with Gasteiger partial charge in [-0.1, -0.05) is 36.2 Å². The van der Waals surface area contributed by atoms with Crippen LogP contribution in [0.25, 0.3) is 0 Å². The fourth-order valence-electron chi connectivity index (χ4n) is 3.50. The fourth-order valence-corrected chi connectivity index (χ4v) is 4.65. The normalized spacial score (nSPS) is 35.9. The van der Waals surface area contributed by atoms with Gasteiger partial charge in [0.1, 0.15) is 6.04 Å². The molecule has 19 heavy (non-hydrogen) atoms. The van der Waals surface area contributed by atoms with Gasteiger partial charge in [0.15, 0.2) is 0 Å². The van der Waals surface area contributed by atoms with Crippen LogP contribution in [0, 0.1) is 17.3 Å². The lowest BCUT2D eigenvalue weighted by atomic mass is 9.82. The van der Waals surface area contributed by atoms with E-state index in [1.165, 1.54) is 0 Å². The first-order valence-corrected chi connectivity index (χ1v) is 8.00. The third kappa shape index (κ3) is 2.54.